The largest absolute Gasteiger partial charge is 0.416 e. The second-order valence-corrected chi connectivity index (χ2v) is 4.28. The molecular formula is C12H14F3N. The highest BCUT2D eigenvalue weighted by atomic mass is 19.4. The minimum absolute atomic E-state index is 0.169. The average Bonchev–Trinajstić information content (AvgIpc) is 2.63. The summed E-state index contributed by atoms with van der Waals surface area (Å²) in [5, 5.41) is 3.14. The van der Waals surface area contributed by atoms with E-state index < -0.39 is 11.7 Å². The maximum atomic E-state index is 12.8. The molecule has 0 amide bonds. The van der Waals surface area contributed by atoms with E-state index in [-0.39, 0.29) is 12.0 Å². The van der Waals surface area contributed by atoms with Crippen LogP contribution < -0.4 is 5.32 Å². The van der Waals surface area contributed by atoms with E-state index in [0.29, 0.717) is 5.56 Å². The van der Waals surface area contributed by atoms with Crippen LogP contribution in [-0.2, 0) is 6.18 Å². The number of hydrogen-bond acceptors (Lipinski definition) is 1. The minimum atomic E-state index is -4.26. The molecule has 0 saturated carbocycles. The lowest BCUT2D eigenvalue weighted by atomic mass is 9.92. The van der Waals surface area contributed by atoms with Crippen LogP contribution >= 0.6 is 0 Å². The van der Waals surface area contributed by atoms with Gasteiger partial charge < -0.3 is 5.32 Å². The van der Waals surface area contributed by atoms with E-state index in [2.05, 4.69) is 5.32 Å². The van der Waals surface area contributed by atoms with Crippen LogP contribution in [0.1, 0.15) is 30.5 Å². The van der Waals surface area contributed by atoms with Crippen molar-refractivity contribution in [2.45, 2.75) is 25.6 Å². The molecule has 2 rings (SSSR count). The summed E-state index contributed by atoms with van der Waals surface area (Å²) in [6.45, 7) is 2.77. The molecule has 1 aromatic carbocycles. The molecule has 1 aromatic rings. The van der Waals surface area contributed by atoms with Crippen LogP contribution in [0.4, 0.5) is 13.2 Å². The third-order valence-corrected chi connectivity index (χ3v) is 3.13. The predicted molar refractivity (Wildman–Crippen MR) is 56.0 cm³/mol. The van der Waals surface area contributed by atoms with Gasteiger partial charge in [-0.3, -0.25) is 0 Å². The molecule has 2 atom stereocenters. The Morgan fingerprint density at radius 2 is 1.94 bits per heavy atom. The van der Waals surface area contributed by atoms with Crippen molar-refractivity contribution in [3.8, 4) is 0 Å². The Hall–Kier alpha value is -1.03. The van der Waals surface area contributed by atoms with E-state index in [1.165, 1.54) is 6.07 Å². The Balaban J connectivity index is 2.40. The first-order chi connectivity index (χ1) is 7.50. The Kier molecular flexibility index (Phi) is 2.93. The average molecular weight is 229 g/mol. The highest BCUT2D eigenvalue weighted by Gasteiger charge is 2.37. The summed E-state index contributed by atoms with van der Waals surface area (Å²) in [5.41, 5.74) is -0.138. The highest BCUT2D eigenvalue weighted by molar-refractivity contribution is 5.33. The summed E-state index contributed by atoms with van der Waals surface area (Å²) in [4.78, 5) is 0. The van der Waals surface area contributed by atoms with Gasteiger partial charge >= 0.3 is 6.18 Å². The number of hydrogen-bond donors (Lipinski definition) is 1. The van der Waals surface area contributed by atoms with Crippen LogP contribution in [-0.4, -0.2) is 6.54 Å². The van der Waals surface area contributed by atoms with Crippen LogP contribution in [0, 0.1) is 5.92 Å². The van der Waals surface area contributed by atoms with Crippen molar-refractivity contribution in [2.24, 2.45) is 5.92 Å². The molecule has 1 fully saturated rings. The number of halogens is 3. The summed E-state index contributed by atoms with van der Waals surface area (Å²) < 4.78 is 38.4. The van der Waals surface area contributed by atoms with Crippen molar-refractivity contribution in [3.05, 3.63) is 35.4 Å². The van der Waals surface area contributed by atoms with E-state index in [9.17, 15) is 13.2 Å². The zero-order valence-corrected chi connectivity index (χ0v) is 9.01. The number of nitrogens with one attached hydrogen (secondary N) is 1. The molecule has 1 N–H and O–H groups in total. The lowest BCUT2D eigenvalue weighted by molar-refractivity contribution is -0.138. The third kappa shape index (κ3) is 2.07. The van der Waals surface area contributed by atoms with Crippen molar-refractivity contribution in [3.63, 3.8) is 0 Å². The van der Waals surface area contributed by atoms with Crippen LogP contribution in [0.3, 0.4) is 0 Å². The van der Waals surface area contributed by atoms with E-state index >= 15 is 0 Å². The second-order valence-electron chi connectivity index (χ2n) is 4.28. The van der Waals surface area contributed by atoms with Crippen molar-refractivity contribution in [2.75, 3.05) is 6.54 Å². The third-order valence-electron chi connectivity index (χ3n) is 3.13. The SMILES string of the molecule is CC1CCNC1c1ccccc1C(F)(F)F. The fraction of sp³-hybridized carbons (Fsp3) is 0.500. The topological polar surface area (TPSA) is 12.0 Å². The Morgan fingerprint density at radius 1 is 1.25 bits per heavy atom. The van der Waals surface area contributed by atoms with E-state index in [4.69, 9.17) is 0 Å². The molecule has 2 unspecified atom stereocenters. The first kappa shape index (κ1) is 11.5. The highest BCUT2D eigenvalue weighted by Crippen LogP contribution is 2.38. The lowest BCUT2D eigenvalue weighted by Gasteiger charge is -2.21. The fourth-order valence-electron chi connectivity index (χ4n) is 2.28. The Morgan fingerprint density at radius 3 is 2.50 bits per heavy atom. The summed E-state index contributed by atoms with van der Waals surface area (Å²) in [6, 6.07) is 5.66. The van der Waals surface area contributed by atoms with Crippen LogP contribution in [0.5, 0.6) is 0 Å². The second kappa shape index (κ2) is 4.09. The molecule has 0 bridgehead atoms. The van der Waals surface area contributed by atoms with E-state index in [1.807, 2.05) is 6.92 Å². The molecule has 1 nitrogen and oxygen atoms in total. The summed E-state index contributed by atoms with van der Waals surface area (Å²) in [7, 11) is 0. The lowest BCUT2D eigenvalue weighted by Crippen LogP contribution is -2.21. The summed E-state index contributed by atoms with van der Waals surface area (Å²) >= 11 is 0. The van der Waals surface area contributed by atoms with Gasteiger partial charge in [0.2, 0.25) is 0 Å². The molecule has 1 saturated heterocycles. The normalized spacial score (nSPS) is 26.0. The molecule has 1 heterocycles. The van der Waals surface area contributed by atoms with Gasteiger partial charge in [0.05, 0.1) is 5.56 Å². The molecule has 0 aliphatic carbocycles. The number of rotatable bonds is 1. The Bertz CT molecular complexity index is 373. The van der Waals surface area contributed by atoms with Gasteiger partial charge in [0.25, 0.3) is 0 Å². The standard InChI is InChI=1S/C12H14F3N/c1-8-6-7-16-11(8)9-4-2-3-5-10(9)12(13,14)15/h2-5,8,11,16H,6-7H2,1H3. The van der Waals surface area contributed by atoms with Crippen molar-refractivity contribution in [1.82, 2.24) is 5.32 Å². The van der Waals surface area contributed by atoms with Gasteiger partial charge in [-0.1, -0.05) is 25.1 Å². The first-order valence-corrected chi connectivity index (χ1v) is 5.39. The van der Waals surface area contributed by atoms with E-state index in [1.54, 1.807) is 12.1 Å². The minimum Gasteiger partial charge on any atom is -0.310 e. The van der Waals surface area contributed by atoms with Gasteiger partial charge in [-0.25, -0.2) is 0 Å². The molecule has 88 valence electrons. The van der Waals surface area contributed by atoms with Gasteiger partial charge in [-0.05, 0) is 30.5 Å². The maximum Gasteiger partial charge on any atom is 0.416 e. The quantitative estimate of drug-likeness (QED) is 0.778. The van der Waals surface area contributed by atoms with Gasteiger partial charge in [-0.15, -0.1) is 0 Å². The molecule has 1 aliphatic rings. The van der Waals surface area contributed by atoms with Crippen molar-refractivity contribution >= 4 is 0 Å². The number of benzene rings is 1. The molecule has 4 heteroatoms. The van der Waals surface area contributed by atoms with Gasteiger partial charge in [0.1, 0.15) is 0 Å². The fourth-order valence-corrected chi connectivity index (χ4v) is 2.28. The molecule has 1 aliphatic heterocycles. The summed E-state index contributed by atoms with van der Waals surface area (Å²) in [6.07, 6.45) is -3.34. The monoisotopic (exact) mass is 229 g/mol. The van der Waals surface area contributed by atoms with Crippen molar-refractivity contribution in [1.29, 1.82) is 0 Å². The van der Waals surface area contributed by atoms with Crippen LogP contribution in [0.2, 0.25) is 0 Å². The molecule has 16 heavy (non-hydrogen) atoms. The zero-order chi connectivity index (χ0) is 11.8. The summed E-state index contributed by atoms with van der Waals surface area (Å²) in [5.74, 6) is 0.253. The van der Waals surface area contributed by atoms with Gasteiger partial charge in [0, 0.05) is 6.04 Å². The predicted octanol–water partition coefficient (Wildman–Crippen LogP) is 3.38. The Labute approximate surface area is 92.7 Å². The zero-order valence-electron chi connectivity index (χ0n) is 9.01. The smallest absolute Gasteiger partial charge is 0.310 e. The van der Waals surface area contributed by atoms with Crippen LogP contribution in [0.25, 0.3) is 0 Å². The number of alkyl halides is 3. The molecule has 0 spiro atoms. The van der Waals surface area contributed by atoms with Crippen molar-refractivity contribution < 1.29 is 13.2 Å². The van der Waals surface area contributed by atoms with Crippen LogP contribution in [0.15, 0.2) is 24.3 Å². The van der Waals surface area contributed by atoms with E-state index in [0.717, 1.165) is 19.0 Å². The molecule has 0 radical (unpaired) electrons. The molecule has 0 aromatic heterocycles. The molecular weight excluding hydrogens is 215 g/mol. The maximum absolute atomic E-state index is 12.8. The van der Waals surface area contributed by atoms with Gasteiger partial charge in [-0.2, -0.15) is 13.2 Å². The first-order valence-electron chi connectivity index (χ1n) is 5.39. The van der Waals surface area contributed by atoms with Gasteiger partial charge in [0.15, 0.2) is 0 Å².